The van der Waals surface area contributed by atoms with Gasteiger partial charge >= 0.3 is 0 Å². The van der Waals surface area contributed by atoms with Crippen molar-refractivity contribution in [2.75, 3.05) is 19.0 Å². The molecule has 0 unspecified atom stereocenters. The van der Waals surface area contributed by atoms with Gasteiger partial charge in [0.2, 0.25) is 0 Å². The molecule has 0 saturated heterocycles. The molecule has 0 aliphatic heterocycles. The summed E-state index contributed by atoms with van der Waals surface area (Å²) < 4.78 is 2.12. The molecule has 0 fully saturated rings. The van der Waals surface area contributed by atoms with E-state index < -0.39 is 0 Å². The molecule has 0 bridgehead atoms. The molecule has 0 spiro atoms. The molecule has 3 rings (SSSR count). The number of fused-ring (bicyclic) bond motifs is 1. The lowest BCUT2D eigenvalue weighted by Gasteiger charge is -2.11. The smallest absolute Gasteiger partial charge is 0.271 e. The standard InChI is InChI=1S/C20H23N5O/c1-5-25-14(2)22-18-12-16(8-11-19(18)25)20(26)23-21-13-15-6-9-17(10-7-15)24(3)4/h6-13H,5H2,1-4H3,(H,23,26)/b21-13-. The number of hydrogen-bond acceptors (Lipinski definition) is 4. The van der Waals surface area contributed by atoms with Gasteiger partial charge in [-0.3, -0.25) is 4.79 Å². The van der Waals surface area contributed by atoms with Gasteiger partial charge < -0.3 is 9.47 Å². The van der Waals surface area contributed by atoms with E-state index in [-0.39, 0.29) is 5.91 Å². The molecule has 0 aliphatic rings. The predicted octanol–water partition coefficient (Wildman–Crippen LogP) is 3.19. The number of aryl methyl sites for hydroxylation is 2. The van der Waals surface area contributed by atoms with Gasteiger partial charge in [-0.05, 0) is 49.7 Å². The summed E-state index contributed by atoms with van der Waals surface area (Å²) in [5.74, 6) is 0.691. The second-order valence-corrected chi connectivity index (χ2v) is 6.29. The monoisotopic (exact) mass is 349 g/mol. The van der Waals surface area contributed by atoms with Gasteiger partial charge in [0.25, 0.3) is 5.91 Å². The molecule has 0 atom stereocenters. The Balaban J connectivity index is 1.70. The molecule has 26 heavy (non-hydrogen) atoms. The lowest BCUT2D eigenvalue weighted by Crippen LogP contribution is -2.17. The highest BCUT2D eigenvalue weighted by Crippen LogP contribution is 2.17. The lowest BCUT2D eigenvalue weighted by atomic mass is 10.2. The predicted molar refractivity (Wildman–Crippen MR) is 106 cm³/mol. The summed E-state index contributed by atoms with van der Waals surface area (Å²) >= 11 is 0. The van der Waals surface area contributed by atoms with Crippen LogP contribution >= 0.6 is 0 Å². The van der Waals surface area contributed by atoms with Crippen LogP contribution in [0.25, 0.3) is 11.0 Å². The molecule has 6 nitrogen and oxygen atoms in total. The highest BCUT2D eigenvalue weighted by Gasteiger charge is 2.10. The largest absolute Gasteiger partial charge is 0.378 e. The van der Waals surface area contributed by atoms with Crippen molar-refractivity contribution in [1.82, 2.24) is 15.0 Å². The molecule has 1 amide bonds. The number of imidazole rings is 1. The van der Waals surface area contributed by atoms with E-state index in [1.54, 1.807) is 18.3 Å². The second kappa shape index (κ2) is 7.39. The molecular formula is C20H23N5O. The molecule has 1 aromatic heterocycles. The fourth-order valence-electron chi connectivity index (χ4n) is 2.88. The molecule has 1 N–H and O–H groups in total. The Morgan fingerprint density at radius 3 is 2.62 bits per heavy atom. The summed E-state index contributed by atoms with van der Waals surface area (Å²) in [5, 5.41) is 4.05. The Kier molecular flexibility index (Phi) is 5.02. The summed E-state index contributed by atoms with van der Waals surface area (Å²) in [6.07, 6.45) is 1.63. The number of amides is 1. The molecule has 134 valence electrons. The number of anilines is 1. The molecule has 0 aliphatic carbocycles. The van der Waals surface area contributed by atoms with E-state index in [4.69, 9.17) is 0 Å². The Bertz CT molecular complexity index is 954. The maximum Gasteiger partial charge on any atom is 0.271 e. The van der Waals surface area contributed by atoms with Crippen molar-refractivity contribution in [2.24, 2.45) is 5.10 Å². The zero-order valence-corrected chi connectivity index (χ0v) is 15.5. The summed E-state index contributed by atoms with van der Waals surface area (Å²) in [4.78, 5) is 18.9. The number of nitrogens with zero attached hydrogens (tertiary/aromatic N) is 4. The van der Waals surface area contributed by atoms with Crippen LogP contribution in [0, 0.1) is 6.92 Å². The number of carbonyl (C=O) groups is 1. The van der Waals surface area contributed by atoms with E-state index in [0.29, 0.717) is 5.56 Å². The first-order valence-corrected chi connectivity index (χ1v) is 8.57. The quantitative estimate of drug-likeness (QED) is 0.568. The summed E-state index contributed by atoms with van der Waals surface area (Å²) in [5.41, 5.74) is 7.00. The minimum atomic E-state index is -0.253. The number of aromatic nitrogens is 2. The van der Waals surface area contributed by atoms with Crippen molar-refractivity contribution in [3.05, 3.63) is 59.4 Å². The van der Waals surface area contributed by atoms with Crippen LogP contribution < -0.4 is 10.3 Å². The van der Waals surface area contributed by atoms with Crippen LogP contribution in [-0.4, -0.2) is 35.8 Å². The molecule has 0 saturated carbocycles. The zero-order chi connectivity index (χ0) is 18.7. The third kappa shape index (κ3) is 3.59. The van der Waals surface area contributed by atoms with Gasteiger partial charge in [-0.1, -0.05) is 12.1 Å². The highest BCUT2D eigenvalue weighted by molar-refractivity contribution is 5.98. The molecule has 2 aromatic carbocycles. The van der Waals surface area contributed by atoms with Gasteiger partial charge in [0.05, 0.1) is 17.2 Å². The van der Waals surface area contributed by atoms with Gasteiger partial charge in [-0.25, -0.2) is 10.4 Å². The van der Waals surface area contributed by atoms with Crippen LogP contribution in [0.15, 0.2) is 47.6 Å². The molecule has 6 heteroatoms. The molecule has 1 heterocycles. The summed E-state index contributed by atoms with van der Waals surface area (Å²) in [6.45, 7) is 4.90. The van der Waals surface area contributed by atoms with Gasteiger partial charge in [0.1, 0.15) is 5.82 Å². The normalized spacial score (nSPS) is 11.2. The van der Waals surface area contributed by atoms with E-state index >= 15 is 0 Å². The molecule has 0 radical (unpaired) electrons. The Morgan fingerprint density at radius 2 is 1.96 bits per heavy atom. The van der Waals surface area contributed by atoms with Crippen molar-refractivity contribution in [3.63, 3.8) is 0 Å². The van der Waals surface area contributed by atoms with Crippen molar-refractivity contribution in [3.8, 4) is 0 Å². The van der Waals surface area contributed by atoms with Gasteiger partial charge in [0.15, 0.2) is 0 Å². The summed E-state index contributed by atoms with van der Waals surface area (Å²) in [7, 11) is 3.98. The van der Waals surface area contributed by atoms with Crippen LogP contribution in [0.2, 0.25) is 0 Å². The molecular weight excluding hydrogens is 326 g/mol. The third-order valence-corrected chi connectivity index (χ3v) is 4.31. The molecule has 3 aromatic rings. The Hall–Kier alpha value is -3.15. The Morgan fingerprint density at radius 1 is 1.23 bits per heavy atom. The maximum atomic E-state index is 12.3. The minimum Gasteiger partial charge on any atom is -0.378 e. The van der Waals surface area contributed by atoms with Crippen molar-refractivity contribution in [2.45, 2.75) is 20.4 Å². The average Bonchev–Trinajstić information content (AvgIpc) is 2.96. The van der Waals surface area contributed by atoms with E-state index in [1.807, 2.05) is 56.3 Å². The van der Waals surface area contributed by atoms with Crippen molar-refractivity contribution >= 4 is 28.8 Å². The fourth-order valence-corrected chi connectivity index (χ4v) is 2.88. The van der Waals surface area contributed by atoms with Crippen LogP contribution in [0.1, 0.15) is 28.7 Å². The van der Waals surface area contributed by atoms with E-state index in [0.717, 1.165) is 34.7 Å². The van der Waals surface area contributed by atoms with Crippen molar-refractivity contribution in [1.29, 1.82) is 0 Å². The first-order valence-electron chi connectivity index (χ1n) is 8.57. The topological polar surface area (TPSA) is 62.5 Å². The number of hydrazone groups is 1. The van der Waals surface area contributed by atoms with Gasteiger partial charge in [0, 0.05) is 31.9 Å². The first kappa shape index (κ1) is 17.7. The van der Waals surface area contributed by atoms with Crippen LogP contribution in [0.4, 0.5) is 5.69 Å². The number of nitrogens with one attached hydrogen (secondary N) is 1. The van der Waals surface area contributed by atoms with E-state index in [2.05, 4.69) is 27.0 Å². The zero-order valence-electron chi connectivity index (χ0n) is 15.5. The number of rotatable bonds is 5. The maximum absolute atomic E-state index is 12.3. The number of carbonyl (C=O) groups excluding carboxylic acids is 1. The second-order valence-electron chi connectivity index (χ2n) is 6.29. The van der Waals surface area contributed by atoms with Gasteiger partial charge in [-0.15, -0.1) is 0 Å². The van der Waals surface area contributed by atoms with Crippen molar-refractivity contribution < 1.29 is 4.79 Å². The van der Waals surface area contributed by atoms with E-state index in [9.17, 15) is 4.79 Å². The Labute approximate surface area is 153 Å². The highest BCUT2D eigenvalue weighted by atomic mass is 16.2. The lowest BCUT2D eigenvalue weighted by molar-refractivity contribution is 0.0955. The summed E-state index contributed by atoms with van der Waals surface area (Å²) in [6, 6.07) is 13.4. The van der Waals surface area contributed by atoms with Crippen LogP contribution in [-0.2, 0) is 6.54 Å². The van der Waals surface area contributed by atoms with Crippen LogP contribution in [0.5, 0.6) is 0 Å². The number of hydrogen-bond donors (Lipinski definition) is 1. The number of benzene rings is 2. The first-order chi connectivity index (χ1) is 12.5. The van der Waals surface area contributed by atoms with E-state index in [1.165, 1.54) is 0 Å². The van der Waals surface area contributed by atoms with Gasteiger partial charge in [-0.2, -0.15) is 5.10 Å². The van der Waals surface area contributed by atoms with Crippen LogP contribution in [0.3, 0.4) is 0 Å². The fraction of sp³-hybridized carbons (Fsp3) is 0.250. The third-order valence-electron chi connectivity index (χ3n) is 4.31. The SMILES string of the molecule is CCn1c(C)nc2cc(C(=O)N/N=C\c3ccc(N(C)C)cc3)ccc21. The average molecular weight is 349 g/mol. The minimum absolute atomic E-state index is 0.253.